The summed E-state index contributed by atoms with van der Waals surface area (Å²) in [4.78, 5) is 19.8. The minimum Gasteiger partial charge on any atom is -0.354 e. The molecule has 2 N–H and O–H groups in total. The van der Waals surface area contributed by atoms with E-state index in [0.717, 1.165) is 29.1 Å². The number of thiophene rings is 1. The number of fused-ring (bicyclic) bond motifs is 1. The van der Waals surface area contributed by atoms with Crippen molar-refractivity contribution in [3.8, 4) is 10.7 Å². The largest absolute Gasteiger partial charge is 0.354 e. The SMILES string of the molecule is CC(C(=O)NCCc1nc2c(s1)CCCC2)n1c(-c2cccs2)n[nH]c1=S. The number of H-pyrrole nitrogens is 1. The van der Waals surface area contributed by atoms with Gasteiger partial charge in [0.05, 0.1) is 15.6 Å². The number of rotatable bonds is 6. The van der Waals surface area contributed by atoms with Crippen LogP contribution in [0.4, 0.5) is 0 Å². The van der Waals surface area contributed by atoms with Crippen LogP contribution in [-0.2, 0) is 24.1 Å². The molecule has 4 rings (SSSR count). The summed E-state index contributed by atoms with van der Waals surface area (Å²) in [5, 5.41) is 13.2. The summed E-state index contributed by atoms with van der Waals surface area (Å²) in [6.45, 7) is 2.43. The molecule has 0 bridgehead atoms. The number of thiazole rings is 1. The van der Waals surface area contributed by atoms with Gasteiger partial charge in [-0.2, -0.15) is 5.10 Å². The zero-order valence-corrected chi connectivity index (χ0v) is 17.5. The number of aromatic nitrogens is 4. The number of aryl methyl sites for hydroxylation is 2. The van der Waals surface area contributed by atoms with Gasteiger partial charge in [0, 0.05) is 17.8 Å². The topological polar surface area (TPSA) is 75.6 Å². The molecule has 1 atom stereocenters. The number of hydrogen-bond acceptors (Lipinski definition) is 6. The second-order valence-electron chi connectivity index (χ2n) is 6.60. The van der Waals surface area contributed by atoms with Gasteiger partial charge in [-0.05, 0) is 56.3 Å². The Balaban J connectivity index is 1.39. The van der Waals surface area contributed by atoms with Gasteiger partial charge in [-0.3, -0.25) is 14.5 Å². The molecule has 3 aromatic heterocycles. The second kappa shape index (κ2) is 8.04. The van der Waals surface area contributed by atoms with E-state index < -0.39 is 6.04 Å². The second-order valence-corrected chi connectivity index (χ2v) is 9.10. The third-order valence-electron chi connectivity index (χ3n) is 4.74. The lowest BCUT2D eigenvalue weighted by atomic mass is 10.0. The molecule has 0 radical (unpaired) electrons. The monoisotopic (exact) mass is 419 g/mol. The Labute approximate surface area is 170 Å². The van der Waals surface area contributed by atoms with E-state index in [0.29, 0.717) is 17.1 Å². The molecule has 3 heterocycles. The van der Waals surface area contributed by atoms with E-state index in [1.165, 1.54) is 23.4 Å². The maximum Gasteiger partial charge on any atom is 0.242 e. The number of hydrogen-bond donors (Lipinski definition) is 2. The quantitative estimate of drug-likeness (QED) is 0.594. The fourth-order valence-corrected chi connectivity index (χ4v) is 5.47. The minimum absolute atomic E-state index is 0.0633. The third kappa shape index (κ3) is 3.90. The molecule has 1 aliphatic rings. The van der Waals surface area contributed by atoms with E-state index in [1.807, 2.05) is 24.4 Å². The fraction of sp³-hybridized carbons (Fsp3) is 0.444. The van der Waals surface area contributed by atoms with Crippen molar-refractivity contribution >= 4 is 40.8 Å². The van der Waals surface area contributed by atoms with Crippen LogP contribution < -0.4 is 5.32 Å². The Bertz CT molecular complexity index is 962. The van der Waals surface area contributed by atoms with Crippen LogP contribution in [0, 0.1) is 4.77 Å². The lowest BCUT2D eigenvalue weighted by Gasteiger charge is -2.15. The molecule has 1 amide bonds. The molecule has 3 aromatic rings. The van der Waals surface area contributed by atoms with Crippen LogP contribution in [0.25, 0.3) is 10.7 Å². The van der Waals surface area contributed by atoms with E-state index >= 15 is 0 Å². The van der Waals surface area contributed by atoms with Gasteiger partial charge in [0.25, 0.3) is 0 Å². The smallest absolute Gasteiger partial charge is 0.242 e. The zero-order chi connectivity index (χ0) is 18.8. The Kier molecular flexibility index (Phi) is 5.51. The summed E-state index contributed by atoms with van der Waals surface area (Å²) < 4.78 is 2.23. The number of carbonyl (C=O) groups is 1. The molecule has 6 nitrogen and oxygen atoms in total. The van der Waals surface area contributed by atoms with Crippen LogP contribution in [0.2, 0.25) is 0 Å². The number of carbonyl (C=O) groups excluding carboxylic acids is 1. The van der Waals surface area contributed by atoms with Gasteiger partial charge in [-0.25, -0.2) is 4.98 Å². The number of aromatic amines is 1. The summed E-state index contributed by atoms with van der Waals surface area (Å²) in [7, 11) is 0. The number of amides is 1. The van der Waals surface area contributed by atoms with Gasteiger partial charge in [0.1, 0.15) is 6.04 Å². The first-order valence-corrected chi connectivity index (χ1v) is 11.2. The molecule has 0 fully saturated rings. The number of nitrogens with zero attached hydrogens (tertiary/aromatic N) is 3. The highest BCUT2D eigenvalue weighted by Crippen LogP contribution is 2.27. The molecule has 9 heteroatoms. The maximum absolute atomic E-state index is 12.7. The highest BCUT2D eigenvalue weighted by molar-refractivity contribution is 7.71. The van der Waals surface area contributed by atoms with Crippen LogP contribution in [-0.4, -0.2) is 32.2 Å². The van der Waals surface area contributed by atoms with Crippen molar-refractivity contribution in [1.82, 2.24) is 25.1 Å². The molecule has 27 heavy (non-hydrogen) atoms. The molecule has 0 saturated heterocycles. The van der Waals surface area contributed by atoms with Crippen molar-refractivity contribution in [2.75, 3.05) is 6.54 Å². The van der Waals surface area contributed by atoms with Crippen LogP contribution >= 0.6 is 34.9 Å². The first-order valence-electron chi connectivity index (χ1n) is 9.09. The molecule has 0 spiro atoms. The van der Waals surface area contributed by atoms with Gasteiger partial charge in [-0.1, -0.05) is 6.07 Å². The summed E-state index contributed by atoms with van der Waals surface area (Å²) in [5.41, 5.74) is 1.27. The van der Waals surface area contributed by atoms with Crippen LogP contribution in [0.15, 0.2) is 17.5 Å². The van der Waals surface area contributed by atoms with E-state index in [1.54, 1.807) is 27.2 Å². The number of nitrogens with one attached hydrogen (secondary N) is 2. The predicted octanol–water partition coefficient (Wildman–Crippen LogP) is 3.92. The molecular formula is C18H21N5OS3. The Morgan fingerprint density at radius 3 is 3.07 bits per heavy atom. The van der Waals surface area contributed by atoms with Crippen molar-refractivity contribution < 1.29 is 4.79 Å². The van der Waals surface area contributed by atoms with E-state index in [2.05, 4.69) is 15.5 Å². The van der Waals surface area contributed by atoms with E-state index in [9.17, 15) is 4.79 Å². The van der Waals surface area contributed by atoms with Gasteiger partial charge >= 0.3 is 0 Å². The average molecular weight is 420 g/mol. The lowest BCUT2D eigenvalue weighted by Crippen LogP contribution is -2.32. The minimum atomic E-state index is -0.433. The highest BCUT2D eigenvalue weighted by Gasteiger charge is 2.21. The summed E-state index contributed by atoms with van der Waals surface area (Å²) in [5.74, 6) is 0.636. The summed E-state index contributed by atoms with van der Waals surface area (Å²) in [6.07, 6.45) is 5.52. The molecule has 0 aliphatic heterocycles. The first-order chi connectivity index (χ1) is 13.1. The lowest BCUT2D eigenvalue weighted by molar-refractivity contribution is -0.123. The van der Waals surface area contributed by atoms with Crippen molar-refractivity contribution in [2.24, 2.45) is 0 Å². The van der Waals surface area contributed by atoms with E-state index in [-0.39, 0.29) is 5.91 Å². The van der Waals surface area contributed by atoms with Crippen molar-refractivity contribution in [3.05, 3.63) is 37.9 Å². The summed E-state index contributed by atoms with van der Waals surface area (Å²) >= 11 is 8.71. The maximum atomic E-state index is 12.7. The molecule has 0 saturated carbocycles. The standard InChI is InChI=1S/C18H21N5OS3/c1-11(23-16(21-22-18(23)25)14-7-4-10-26-14)17(24)19-9-8-15-20-12-5-2-3-6-13(12)27-15/h4,7,10-11H,2-3,5-6,8-9H2,1H3,(H,19,24)(H,22,25). The molecule has 1 aliphatic carbocycles. The first kappa shape index (κ1) is 18.5. The van der Waals surface area contributed by atoms with Crippen LogP contribution in [0.3, 0.4) is 0 Å². The van der Waals surface area contributed by atoms with Crippen molar-refractivity contribution in [3.63, 3.8) is 0 Å². The van der Waals surface area contributed by atoms with Crippen LogP contribution in [0.5, 0.6) is 0 Å². The fourth-order valence-electron chi connectivity index (χ4n) is 3.31. The molecule has 0 aromatic carbocycles. The van der Waals surface area contributed by atoms with Crippen LogP contribution in [0.1, 0.15) is 41.4 Å². The van der Waals surface area contributed by atoms with E-state index in [4.69, 9.17) is 17.2 Å². The zero-order valence-electron chi connectivity index (χ0n) is 15.0. The highest BCUT2D eigenvalue weighted by atomic mass is 32.1. The normalized spacial score (nSPS) is 14.7. The average Bonchev–Trinajstić information content (AvgIpc) is 3.39. The van der Waals surface area contributed by atoms with Crippen molar-refractivity contribution in [2.45, 2.75) is 45.1 Å². The Morgan fingerprint density at radius 2 is 2.30 bits per heavy atom. The third-order valence-corrected chi connectivity index (χ3v) is 7.11. The van der Waals surface area contributed by atoms with Gasteiger partial charge in [-0.15, -0.1) is 22.7 Å². The molecule has 142 valence electrons. The summed E-state index contributed by atoms with van der Waals surface area (Å²) in [6, 6.07) is 3.50. The molecular weight excluding hydrogens is 398 g/mol. The van der Waals surface area contributed by atoms with Crippen molar-refractivity contribution in [1.29, 1.82) is 0 Å². The predicted molar refractivity (Wildman–Crippen MR) is 111 cm³/mol. The Morgan fingerprint density at radius 1 is 1.44 bits per heavy atom. The molecule has 1 unspecified atom stereocenters. The Hall–Kier alpha value is -1.84. The van der Waals surface area contributed by atoms with Gasteiger partial charge in [0.2, 0.25) is 5.91 Å². The van der Waals surface area contributed by atoms with Gasteiger partial charge in [0.15, 0.2) is 10.6 Å². The van der Waals surface area contributed by atoms with Gasteiger partial charge < -0.3 is 5.32 Å².